The van der Waals surface area contributed by atoms with E-state index in [9.17, 15) is 4.79 Å². The average Bonchev–Trinajstić information content (AvgIpc) is 2.67. The second kappa shape index (κ2) is 10.9. The molecule has 2 N–H and O–H groups in total. The molecule has 0 fully saturated rings. The van der Waals surface area contributed by atoms with Crippen LogP contribution in [0.25, 0.3) is 0 Å². The molecule has 0 aromatic heterocycles. The first kappa shape index (κ1) is 19.4. The van der Waals surface area contributed by atoms with Crippen molar-refractivity contribution in [1.29, 1.82) is 0 Å². The number of nitrogens with one attached hydrogen (secondary N) is 2. The van der Waals surface area contributed by atoms with Gasteiger partial charge in [-0.2, -0.15) is 0 Å². The quantitative estimate of drug-likeness (QED) is 0.640. The fraction of sp³-hybridized carbons (Fsp3) is 0.350. The molecule has 2 amide bonds. The lowest BCUT2D eigenvalue weighted by Crippen LogP contribution is -2.38. The summed E-state index contributed by atoms with van der Waals surface area (Å²) < 4.78 is 16.2. The number of rotatable bonds is 10. The molecular formula is C20H26N2O4. The van der Waals surface area contributed by atoms with Crippen LogP contribution in [0.5, 0.6) is 17.2 Å². The Balaban J connectivity index is 1.48. The summed E-state index contributed by atoms with van der Waals surface area (Å²) in [5.41, 5.74) is 1.20. The number of benzene rings is 2. The zero-order valence-electron chi connectivity index (χ0n) is 15.3. The largest absolute Gasteiger partial charge is 0.497 e. The number of hydrogen-bond donors (Lipinski definition) is 2. The molecule has 0 heterocycles. The molecule has 0 atom stereocenters. The van der Waals surface area contributed by atoms with Gasteiger partial charge in [-0.15, -0.1) is 0 Å². The highest BCUT2D eigenvalue weighted by molar-refractivity contribution is 5.73. The number of urea groups is 1. The van der Waals surface area contributed by atoms with Gasteiger partial charge in [0.2, 0.25) is 0 Å². The first-order valence-corrected chi connectivity index (χ1v) is 8.65. The summed E-state index contributed by atoms with van der Waals surface area (Å²) in [5.74, 6) is 2.36. The predicted octanol–water partition coefficient (Wildman–Crippen LogP) is 3.15. The average molecular weight is 358 g/mol. The number of aryl methyl sites for hydroxylation is 1. The molecule has 2 aromatic carbocycles. The van der Waals surface area contributed by atoms with Gasteiger partial charge in [-0.05, 0) is 49.7 Å². The van der Waals surface area contributed by atoms with Gasteiger partial charge in [0.1, 0.15) is 23.9 Å². The predicted molar refractivity (Wildman–Crippen MR) is 101 cm³/mol. The summed E-state index contributed by atoms with van der Waals surface area (Å²) in [6, 6.07) is 15.0. The fourth-order valence-electron chi connectivity index (χ4n) is 2.17. The molecule has 0 unspecified atom stereocenters. The van der Waals surface area contributed by atoms with Gasteiger partial charge in [0.15, 0.2) is 0 Å². The highest BCUT2D eigenvalue weighted by Crippen LogP contribution is 2.16. The molecular weight excluding hydrogens is 332 g/mol. The van der Waals surface area contributed by atoms with Gasteiger partial charge in [-0.1, -0.05) is 17.7 Å². The summed E-state index contributed by atoms with van der Waals surface area (Å²) in [7, 11) is 1.62. The van der Waals surface area contributed by atoms with Crippen LogP contribution in [0.3, 0.4) is 0 Å². The molecule has 0 aliphatic rings. The standard InChI is InChI=1S/C20H26N2O4/c1-16-4-6-18(7-5-16)25-14-3-12-21-20(23)22-13-15-26-19-10-8-17(24-2)9-11-19/h4-11H,3,12-15H2,1-2H3,(H2,21,22,23). The molecule has 6 heteroatoms. The number of ether oxygens (including phenoxy) is 3. The van der Waals surface area contributed by atoms with Crippen molar-refractivity contribution >= 4 is 6.03 Å². The van der Waals surface area contributed by atoms with E-state index in [1.54, 1.807) is 7.11 Å². The van der Waals surface area contributed by atoms with Crippen molar-refractivity contribution in [2.75, 3.05) is 33.4 Å². The molecule has 0 radical (unpaired) electrons. The monoisotopic (exact) mass is 358 g/mol. The van der Waals surface area contributed by atoms with E-state index in [1.807, 2.05) is 55.5 Å². The van der Waals surface area contributed by atoms with Crippen molar-refractivity contribution in [3.05, 3.63) is 54.1 Å². The van der Waals surface area contributed by atoms with Gasteiger partial charge in [0.25, 0.3) is 0 Å². The molecule has 0 aliphatic carbocycles. The molecule has 6 nitrogen and oxygen atoms in total. The zero-order valence-corrected chi connectivity index (χ0v) is 15.3. The topological polar surface area (TPSA) is 68.8 Å². The van der Waals surface area contributed by atoms with Crippen LogP contribution in [0.2, 0.25) is 0 Å². The molecule has 0 saturated carbocycles. The van der Waals surface area contributed by atoms with Crippen molar-refractivity contribution < 1.29 is 19.0 Å². The van der Waals surface area contributed by atoms with Crippen LogP contribution in [0, 0.1) is 6.92 Å². The summed E-state index contributed by atoms with van der Waals surface area (Å²) in [6.45, 7) is 3.98. The summed E-state index contributed by atoms with van der Waals surface area (Å²) in [4.78, 5) is 11.7. The zero-order chi connectivity index (χ0) is 18.6. The molecule has 0 spiro atoms. The van der Waals surface area contributed by atoms with Gasteiger partial charge in [-0.3, -0.25) is 0 Å². The minimum Gasteiger partial charge on any atom is -0.497 e. The molecule has 2 aromatic rings. The maximum atomic E-state index is 11.7. The minimum absolute atomic E-state index is 0.210. The molecule has 0 bridgehead atoms. The SMILES string of the molecule is COc1ccc(OCCNC(=O)NCCCOc2ccc(C)cc2)cc1. The van der Waals surface area contributed by atoms with Crippen molar-refractivity contribution in [3.63, 3.8) is 0 Å². The number of carbonyl (C=O) groups is 1. The summed E-state index contributed by atoms with van der Waals surface area (Å²) in [5, 5.41) is 5.54. The number of hydrogen-bond acceptors (Lipinski definition) is 4. The third-order valence-electron chi connectivity index (χ3n) is 3.61. The highest BCUT2D eigenvalue weighted by atomic mass is 16.5. The Morgan fingerprint density at radius 2 is 1.35 bits per heavy atom. The summed E-state index contributed by atoms with van der Waals surface area (Å²) in [6.07, 6.45) is 0.740. The smallest absolute Gasteiger partial charge is 0.314 e. The van der Waals surface area contributed by atoms with Crippen LogP contribution < -0.4 is 24.8 Å². The lowest BCUT2D eigenvalue weighted by molar-refractivity contribution is 0.235. The van der Waals surface area contributed by atoms with Crippen LogP contribution >= 0.6 is 0 Å². The van der Waals surface area contributed by atoms with E-state index in [0.717, 1.165) is 23.7 Å². The van der Waals surface area contributed by atoms with E-state index in [4.69, 9.17) is 14.2 Å². The number of methoxy groups -OCH3 is 1. The van der Waals surface area contributed by atoms with Crippen LogP contribution in [0.1, 0.15) is 12.0 Å². The first-order valence-electron chi connectivity index (χ1n) is 8.65. The van der Waals surface area contributed by atoms with E-state index in [2.05, 4.69) is 10.6 Å². The van der Waals surface area contributed by atoms with Gasteiger partial charge < -0.3 is 24.8 Å². The molecule has 26 heavy (non-hydrogen) atoms. The normalized spacial score (nSPS) is 10.1. The van der Waals surface area contributed by atoms with Gasteiger partial charge in [-0.25, -0.2) is 4.79 Å². The van der Waals surface area contributed by atoms with Crippen molar-refractivity contribution in [2.24, 2.45) is 0 Å². The maximum absolute atomic E-state index is 11.7. The Morgan fingerprint density at radius 1 is 0.808 bits per heavy atom. The number of carbonyl (C=O) groups excluding carboxylic acids is 1. The molecule has 0 aliphatic heterocycles. The highest BCUT2D eigenvalue weighted by Gasteiger charge is 2.00. The Labute approximate surface area is 154 Å². The third-order valence-corrected chi connectivity index (χ3v) is 3.61. The lowest BCUT2D eigenvalue weighted by atomic mass is 10.2. The van der Waals surface area contributed by atoms with E-state index in [-0.39, 0.29) is 6.03 Å². The minimum atomic E-state index is -0.210. The lowest BCUT2D eigenvalue weighted by Gasteiger charge is -2.10. The van der Waals surface area contributed by atoms with Crippen LogP contribution in [0.4, 0.5) is 4.79 Å². The second-order valence-electron chi connectivity index (χ2n) is 5.72. The third kappa shape index (κ3) is 7.34. The van der Waals surface area contributed by atoms with Gasteiger partial charge in [0.05, 0.1) is 20.3 Å². The summed E-state index contributed by atoms with van der Waals surface area (Å²) >= 11 is 0. The van der Waals surface area contributed by atoms with Crippen LogP contribution in [-0.4, -0.2) is 39.4 Å². The Bertz CT molecular complexity index is 657. The van der Waals surface area contributed by atoms with Gasteiger partial charge >= 0.3 is 6.03 Å². The van der Waals surface area contributed by atoms with E-state index in [1.165, 1.54) is 5.56 Å². The van der Waals surface area contributed by atoms with Crippen LogP contribution in [0.15, 0.2) is 48.5 Å². The number of amides is 2. The van der Waals surface area contributed by atoms with Crippen molar-refractivity contribution in [2.45, 2.75) is 13.3 Å². The Hall–Kier alpha value is -2.89. The van der Waals surface area contributed by atoms with E-state index < -0.39 is 0 Å². The maximum Gasteiger partial charge on any atom is 0.314 e. The van der Waals surface area contributed by atoms with E-state index in [0.29, 0.717) is 26.3 Å². The fourth-order valence-corrected chi connectivity index (χ4v) is 2.17. The molecule has 2 rings (SSSR count). The molecule has 140 valence electrons. The van der Waals surface area contributed by atoms with Gasteiger partial charge in [0, 0.05) is 6.54 Å². The van der Waals surface area contributed by atoms with E-state index >= 15 is 0 Å². The second-order valence-corrected chi connectivity index (χ2v) is 5.72. The van der Waals surface area contributed by atoms with Crippen LogP contribution in [-0.2, 0) is 0 Å². The van der Waals surface area contributed by atoms with Crippen molar-refractivity contribution in [3.8, 4) is 17.2 Å². The Kier molecular flexibility index (Phi) is 8.12. The first-order chi connectivity index (χ1) is 12.7. The molecule has 0 saturated heterocycles. The van der Waals surface area contributed by atoms with Crippen molar-refractivity contribution in [1.82, 2.24) is 10.6 Å². The Morgan fingerprint density at radius 3 is 2.00 bits per heavy atom.